The second-order valence-electron chi connectivity index (χ2n) is 5.79. The van der Waals surface area contributed by atoms with Crippen molar-refractivity contribution in [3.05, 3.63) is 83.9 Å². The number of hydrogen-bond donors (Lipinski definition) is 3. The molecule has 0 atom stereocenters. The van der Waals surface area contributed by atoms with Crippen molar-refractivity contribution in [2.45, 2.75) is 13.1 Å². The molecule has 3 aromatic carbocycles. The molecule has 4 nitrogen and oxygen atoms in total. The van der Waals surface area contributed by atoms with Crippen LogP contribution in [-0.4, -0.2) is 0 Å². The first-order chi connectivity index (χ1) is 11.7. The summed E-state index contributed by atoms with van der Waals surface area (Å²) in [5.41, 5.74) is 23.3. The van der Waals surface area contributed by atoms with Gasteiger partial charge in [0, 0.05) is 35.8 Å². The van der Waals surface area contributed by atoms with Crippen LogP contribution in [0, 0.1) is 0 Å². The Morgan fingerprint density at radius 2 is 1.00 bits per heavy atom. The highest BCUT2D eigenvalue weighted by atomic mass is 15.1. The van der Waals surface area contributed by atoms with Gasteiger partial charge in [-0.3, -0.25) is 0 Å². The lowest BCUT2D eigenvalue weighted by atomic mass is 10.1. The molecule has 0 spiro atoms. The van der Waals surface area contributed by atoms with E-state index in [-0.39, 0.29) is 0 Å². The number of nitrogens with zero attached hydrogens (tertiary/aromatic N) is 1. The maximum absolute atomic E-state index is 5.82. The number of anilines is 4. The van der Waals surface area contributed by atoms with Crippen molar-refractivity contribution in [1.29, 1.82) is 0 Å². The van der Waals surface area contributed by atoms with Crippen LogP contribution >= 0.6 is 0 Å². The Hall–Kier alpha value is -2.98. The Balaban J connectivity index is 1.94. The van der Waals surface area contributed by atoms with Crippen molar-refractivity contribution in [2.24, 2.45) is 5.73 Å². The van der Waals surface area contributed by atoms with Crippen molar-refractivity contribution in [2.75, 3.05) is 16.4 Å². The van der Waals surface area contributed by atoms with Crippen LogP contribution in [0.2, 0.25) is 0 Å². The number of nitrogens with two attached hydrogens (primary N) is 3. The fourth-order valence-electron chi connectivity index (χ4n) is 2.60. The average molecular weight is 318 g/mol. The molecule has 0 radical (unpaired) electrons. The number of nitrogen functional groups attached to an aromatic ring is 2. The Morgan fingerprint density at radius 3 is 1.42 bits per heavy atom. The molecule has 0 bridgehead atoms. The van der Waals surface area contributed by atoms with Crippen LogP contribution in [0.3, 0.4) is 0 Å². The van der Waals surface area contributed by atoms with Crippen molar-refractivity contribution in [3.63, 3.8) is 0 Å². The first-order valence-corrected chi connectivity index (χ1v) is 7.92. The molecule has 0 aliphatic heterocycles. The Labute approximate surface area is 142 Å². The van der Waals surface area contributed by atoms with Crippen LogP contribution in [0.4, 0.5) is 22.7 Å². The Kier molecular flexibility index (Phi) is 4.68. The molecule has 0 aromatic heterocycles. The quantitative estimate of drug-likeness (QED) is 0.627. The summed E-state index contributed by atoms with van der Waals surface area (Å²) in [6.45, 7) is 1.30. The van der Waals surface area contributed by atoms with E-state index < -0.39 is 0 Å². The summed E-state index contributed by atoms with van der Waals surface area (Å²) in [5.74, 6) is 0. The molecule has 0 heterocycles. The van der Waals surface area contributed by atoms with Gasteiger partial charge in [-0.2, -0.15) is 0 Å². The highest BCUT2D eigenvalue weighted by Crippen LogP contribution is 2.29. The van der Waals surface area contributed by atoms with E-state index >= 15 is 0 Å². The zero-order valence-corrected chi connectivity index (χ0v) is 13.5. The molecule has 0 saturated carbocycles. The lowest BCUT2D eigenvalue weighted by Crippen LogP contribution is -2.16. The van der Waals surface area contributed by atoms with Gasteiger partial charge >= 0.3 is 0 Å². The van der Waals surface area contributed by atoms with E-state index in [1.165, 1.54) is 5.56 Å². The highest BCUT2D eigenvalue weighted by Gasteiger charge is 2.10. The van der Waals surface area contributed by atoms with Crippen LogP contribution in [0.5, 0.6) is 0 Å². The van der Waals surface area contributed by atoms with Gasteiger partial charge in [0.25, 0.3) is 0 Å². The molecule has 6 N–H and O–H groups in total. The molecular weight excluding hydrogens is 296 g/mol. The maximum Gasteiger partial charge on any atom is 0.0481 e. The summed E-state index contributed by atoms with van der Waals surface area (Å²) in [6.07, 6.45) is 0. The zero-order valence-electron chi connectivity index (χ0n) is 13.5. The minimum absolute atomic E-state index is 0.555. The first kappa shape index (κ1) is 15.9. The minimum Gasteiger partial charge on any atom is -0.399 e. The van der Waals surface area contributed by atoms with Crippen molar-refractivity contribution in [1.82, 2.24) is 0 Å². The lowest BCUT2D eigenvalue weighted by Gasteiger charge is -2.25. The zero-order chi connectivity index (χ0) is 16.9. The third-order valence-corrected chi connectivity index (χ3v) is 4.01. The monoisotopic (exact) mass is 318 g/mol. The largest absolute Gasteiger partial charge is 0.399 e. The van der Waals surface area contributed by atoms with Crippen LogP contribution in [0.15, 0.2) is 72.8 Å². The summed E-state index contributed by atoms with van der Waals surface area (Å²) in [4.78, 5) is 2.23. The van der Waals surface area contributed by atoms with Gasteiger partial charge in [-0.25, -0.2) is 0 Å². The van der Waals surface area contributed by atoms with Crippen LogP contribution in [-0.2, 0) is 13.1 Å². The van der Waals surface area contributed by atoms with Gasteiger partial charge in [-0.1, -0.05) is 24.3 Å². The van der Waals surface area contributed by atoms with Crippen molar-refractivity contribution in [3.8, 4) is 0 Å². The van der Waals surface area contributed by atoms with E-state index in [1.54, 1.807) is 0 Å². The standard InChI is InChI=1S/C20H22N4/c21-13-15-1-3-16(4-2-15)14-24(19-9-5-17(22)6-10-19)20-11-7-18(23)8-12-20/h1-12H,13-14,21-23H2. The highest BCUT2D eigenvalue weighted by molar-refractivity contribution is 5.66. The van der Waals surface area contributed by atoms with Crippen LogP contribution in [0.25, 0.3) is 0 Å². The predicted octanol–water partition coefficient (Wildman–Crippen LogP) is 3.65. The molecule has 0 unspecified atom stereocenters. The topological polar surface area (TPSA) is 81.3 Å². The van der Waals surface area contributed by atoms with Gasteiger partial charge in [0.2, 0.25) is 0 Å². The summed E-state index contributed by atoms with van der Waals surface area (Å²) in [7, 11) is 0. The maximum atomic E-state index is 5.82. The predicted molar refractivity (Wildman–Crippen MR) is 102 cm³/mol. The normalized spacial score (nSPS) is 10.5. The second-order valence-corrected chi connectivity index (χ2v) is 5.79. The number of benzene rings is 3. The van der Waals surface area contributed by atoms with E-state index in [1.807, 2.05) is 48.5 Å². The van der Waals surface area contributed by atoms with Gasteiger partial charge < -0.3 is 22.1 Å². The van der Waals surface area contributed by atoms with Gasteiger partial charge in [0.1, 0.15) is 0 Å². The molecule has 0 saturated heterocycles. The summed E-state index contributed by atoms with van der Waals surface area (Å²) in [5, 5.41) is 0. The van der Waals surface area contributed by atoms with Crippen molar-refractivity contribution < 1.29 is 0 Å². The third kappa shape index (κ3) is 3.67. The van der Waals surface area contributed by atoms with Gasteiger partial charge in [0.05, 0.1) is 0 Å². The minimum atomic E-state index is 0.555. The number of hydrogen-bond acceptors (Lipinski definition) is 4. The lowest BCUT2D eigenvalue weighted by molar-refractivity contribution is 0.970. The SMILES string of the molecule is NCc1ccc(CN(c2ccc(N)cc2)c2ccc(N)cc2)cc1. The van der Waals surface area contributed by atoms with Crippen LogP contribution < -0.4 is 22.1 Å². The summed E-state index contributed by atoms with van der Waals surface area (Å²) >= 11 is 0. The van der Waals surface area contributed by atoms with Crippen LogP contribution in [0.1, 0.15) is 11.1 Å². The molecule has 0 amide bonds. The van der Waals surface area contributed by atoms with E-state index in [0.29, 0.717) is 6.54 Å². The Bertz CT molecular complexity index is 732. The summed E-state index contributed by atoms with van der Waals surface area (Å²) in [6, 6.07) is 24.1. The molecule has 0 aliphatic carbocycles. The number of rotatable bonds is 5. The summed E-state index contributed by atoms with van der Waals surface area (Å²) < 4.78 is 0. The van der Waals surface area contributed by atoms with E-state index in [9.17, 15) is 0 Å². The van der Waals surface area contributed by atoms with E-state index in [4.69, 9.17) is 17.2 Å². The molecule has 24 heavy (non-hydrogen) atoms. The molecule has 3 aromatic rings. The third-order valence-electron chi connectivity index (χ3n) is 4.01. The van der Waals surface area contributed by atoms with Gasteiger partial charge in [-0.05, 0) is 59.7 Å². The average Bonchev–Trinajstić information content (AvgIpc) is 2.62. The van der Waals surface area contributed by atoms with Crippen molar-refractivity contribution >= 4 is 22.7 Å². The smallest absolute Gasteiger partial charge is 0.0481 e. The van der Waals surface area contributed by atoms with Gasteiger partial charge in [0.15, 0.2) is 0 Å². The van der Waals surface area contributed by atoms with E-state index in [2.05, 4.69) is 29.2 Å². The second kappa shape index (κ2) is 7.06. The molecular formula is C20H22N4. The molecule has 4 heteroatoms. The Morgan fingerprint density at radius 1 is 0.583 bits per heavy atom. The fraction of sp³-hybridized carbons (Fsp3) is 0.100. The molecule has 122 valence electrons. The molecule has 0 fully saturated rings. The fourth-order valence-corrected chi connectivity index (χ4v) is 2.60. The molecule has 3 rings (SSSR count). The molecule has 0 aliphatic rings. The van der Waals surface area contributed by atoms with E-state index in [0.717, 1.165) is 34.9 Å². The first-order valence-electron chi connectivity index (χ1n) is 7.92. The van der Waals surface area contributed by atoms with Gasteiger partial charge in [-0.15, -0.1) is 0 Å².